The summed E-state index contributed by atoms with van der Waals surface area (Å²) < 4.78 is 9.44. The second-order valence-electron chi connectivity index (χ2n) is 9.29. The number of hydrogen-bond donors (Lipinski definition) is 0. The molecule has 3 aromatic heterocycles. The predicted molar refractivity (Wildman–Crippen MR) is 129 cm³/mol. The van der Waals surface area contributed by atoms with Crippen LogP contribution < -0.4 is 5.69 Å². The van der Waals surface area contributed by atoms with E-state index in [1.165, 1.54) is 6.42 Å². The van der Waals surface area contributed by atoms with E-state index in [0.717, 1.165) is 52.8 Å². The molecule has 1 atom stereocenters. The van der Waals surface area contributed by atoms with Gasteiger partial charge in [0.15, 0.2) is 5.65 Å². The molecule has 1 fully saturated rings. The Morgan fingerprint density at radius 1 is 1.12 bits per heavy atom. The van der Waals surface area contributed by atoms with Gasteiger partial charge in [0.05, 0.1) is 23.9 Å². The first kappa shape index (κ1) is 21.7. The summed E-state index contributed by atoms with van der Waals surface area (Å²) >= 11 is 0. The fourth-order valence-corrected chi connectivity index (χ4v) is 4.69. The Morgan fingerprint density at radius 3 is 2.67 bits per heavy atom. The monoisotopic (exact) mass is 446 g/mol. The van der Waals surface area contributed by atoms with E-state index < -0.39 is 0 Å². The standard InChI is InChI=1S/C25H30N6O2/c1-16(2)31-23-21-12-17(8-10-22(21)27-28-24(23)30(4)25(31)32)18-7-9-19(26-13-18)15-33-20-6-5-11-29(3)14-20/h7-10,12-13,16,20H,5-6,11,14-15H2,1-4H3. The molecule has 0 aliphatic carbocycles. The smallest absolute Gasteiger partial charge is 0.330 e. The number of aromatic nitrogens is 5. The summed E-state index contributed by atoms with van der Waals surface area (Å²) in [4.78, 5) is 19.7. The average Bonchev–Trinajstić information content (AvgIpc) is 3.08. The quantitative estimate of drug-likeness (QED) is 0.467. The van der Waals surface area contributed by atoms with Crippen molar-refractivity contribution in [3.05, 3.63) is 52.7 Å². The number of fused-ring (bicyclic) bond motifs is 3. The van der Waals surface area contributed by atoms with Gasteiger partial charge in [-0.1, -0.05) is 12.1 Å². The Kier molecular flexibility index (Phi) is 5.72. The molecule has 0 N–H and O–H groups in total. The molecule has 1 unspecified atom stereocenters. The zero-order chi connectivity index (χ0) is 23.1. The number of nitrogens with zero attached hydrogens (tertiary/aromatic N) is 6. The minimum atomic E-state index is -0.0811. The van der Waals surface area contributed by atoms with Gasteiger partial charge in [-0.3, -0.25) is 14.1 Å². The maximum absolute atomic E-state index is 12.8. The summed E-state index contributed by atoms with van der Waals surface area (Å²) in [6.07, 6.45) is 4.45. The van der Waals surface area contributed by atoms with E-state index in [9.17, 15) is 4.79 Å². The van der Waals surface area contributed by atoms with Gasteiger partial charge in [-0.05, 0) is 64.0 Å². The van der Waals surface area contributed by atoms with Gasteiger partial charge < -0.3 is 9.64 Å². The van der Waals surface area contributed by atoms with Crippen LogP contribution in [0, 0.1) is 0 Å². The van der Waals surface area contributed by atoms with E-state index in [4.69, 9.17) is 4.74 Å². The molecule has 0 spiro atoms. The van der Waals surface area contributed by atoms with Crippen LogP contribution in [0.25, 0.3) is 33.2 Å². The molecule has 0 amide bonds. The number of pyridine rings is 1. The van der Waals surface area contributed by atoms with Crippen molar-refractivity contribution in [1.82, 2.24) is 29.2 Å². The highest BCUT2D eigenvalue weighted by Gasteiger charge is 2.19. The lowest BCUT2D eigenvalue weighted by Gasteiger charge is -2.29. The lowest BCUT2D eigenvalue weighted by Crippen LogP contribution is -2.36. The zero-order valence-electron chi connectivity index (χ0n) is 19.7. The average molecular weight is 447 g/mol. The number of piperidine rings is 1. The van der Waals surface area contributed by atoms with Crippen molar-refractivity contribution >= 4 is 22.1 Å². The van der Waals surface area contributed by atoms with Crippen molar-refractivity contribution in [2.75, 3.05) is 20.1 Å². The molecule has 4 heterocycles. The highest BCUT2D eigenvalue weighted by Crippen LogP contribution is 2.28. The van der Waals surface area contributed by atoms with Gasteiger partial charge in [0.2, 0.25) is 0 Å². The van der Waals surface area contributed by atoms with E-state index in [2.05, 4.69) is 39.3 Å². The van der Waals surface area contributed by atoms with E-state index in [-0.39, 0.29) is 17.8 Å². The lowest BCUT2D eigenvalue weighted by atomic mass is 10.0. The van der Waals surface area contributed by atoms with Crippen LogP contribution in [0.4, 0.5) is 0 Å². The molecule has 0 saturated carbocycles. The second kappa shape index (κ2) is 8.68. The SMILES string of the molecule is CC(C)n1c(=O)n(C)c2nnc3ccc(-c4ccc(COC5CCCN(C)C5)nc4)cc3c21. The number of imidazole rings is 1. The molecular weight excluding hydrogens is 416 g/mol. The first-order chi connectivity index (χ1) is 15.9. The molecular formula is C25H30N6O2. The Balaban J connectivity index is 1.45. The van der Waals surface area contributed by atoms with Crippen molar-refractivity contribution in [1.29, 1.82) is 0 Å². The molecule has 0 bridgehead atoms. The van der Waals surface area contributed by atoms with Crippen LogP contribution in [0.3, 0.4) is 0 Å². The first-order valence-electron chi connectivity index (χ1n) is 11.5. The Morgan fingerprint density at radius 2 is 1.94 bits per heavy atom. The summed E-state index contributed by atoms with van der Waals surface area (Å²) in [6.45, 7) is 6.66. The Labute approximate surface area is 192 Å². The highest BCUT2D eigenvalue weighted by atomic mass is 16.5. The third-order valence-corrected chi connectivity index (χ3v) is 6.49. The number of aryl methyl sites for hydroxylation is 1. The molecule has 8 nitrogen and oxygen atoms in total. The van der Waals surface area contributed by atoms with Crippen molar-refractivity contribution in [3.8, 4) is 11.1 Å². The fraction of sp³-hybridized carbons (Fsp3) is 0.440. The van der Waals surface area contributed by atoms with Crippen molar-refractivity contribution < 1.29 is 4.74 Å². The minimum absolute atomic E-state index is 0.0159. The number of ether oxygens (including phenoxy) is 1. The molecule has 1 saturated heterocycles. The third-order valence-electron chi connectivity index (χ3n) is 6.49. The molecule has 1 aliphatic heterocycles. The highest BCUT2D eigenvalue weighted by molar-refractivity contribution is 6.02. The molecule has 1 aromatic carbocycles. The third kappa shape index (κ3) is 4.05. The molecule has 0 radical (unpaired) electrons. The molecule has 172 valence electrons. The van der Waals surface area contributed by atoms with Gasteiger partial charge >= 0.3 is 5.69 Å². The van der Waals surface area contributed by atoms with Crippen molar-refractivity contribution in [3.63, 3.8) is 0 Å². The normalized spacial score (nSPS) is 17.4. The van der Waals surface area contributed by atoms with Gasteiger partial charge in [-0.25, -0.2) is 4.79 Å². The van der Waals surface area contributed by atoms with Crippen LogP contribution in [0.5, 0.6) is 0 Å². The van der Waals surface area contributed by atoms with Crippen molar-refractivity contribution in [2.45, 2.75) is 45.4 Å². The first-order valence-corrected chi connectivity index (χ1v) is 11.5. The largest absolute Gasteiger partial charge is 0.371 e. The number of hydrogen-bond acceptors (Lipinski definition) is 6. The zero-order valence-corrected chi connectivity index (χ0v) is 19.7. The Hall–Kier alpha value is -3.10. The van der Waals surface area contributed by atoms with E-state index in [1.807, 2.05) is 38.2 Å². The van der Waals surface area contributed by atoms with E-state index >= 15 is 0 Å². The predicted octanol–water partition coefficient (Wildman–Crippen LogP) is 3.54. The molecule has 33 heavy (non-hydrogen) atoms. The maximum atomic E-state index is 12.8. The minimum Gasteiger partial charge on any atom is -0.371 e. The van der Waals surface area contributed by atoms with Crippen LogP contribution in [0.1, 0.15) is 38.4 Å². The van der Waals surface area contributed by atoms with E-state index in [1.54, 1.807) is 16.2 Å². The lowest BCUT2D eigenvalue weighted by molar-refractivity contribution is -0.00486. The molecule has 4 aromatic rings. The van der Waals surface area contributed by atoms with Gasteiger partial charge in [0.1, 0.15) is 5.52 Å². The molecule has 1 aliphatic rings. The number of likely N-dealkylation sites (tertiary alicyclic amines) is 1. The number of rotatable bonds is 5. The topological polar surface area (TPSA) is 78.1 Å². The summed E-state index contributed by atoms with van der Waals surface area (Å²) in [5.41, 5.74) is 5.06. The van der Waals surface area contributed by atoms with Crippen LogP contribution >= 0.6 is 0 Å². The Bertz CT molecular complexity index is 1360. The van der Waals surface area contributed by atoms with Crippen LogP contribution in [-0.4, -0.2) is 55.5 Å². The van der Waals surface area contributed by atoms with Gasteiger partial charge in [0, 0.05) is 36.8 Å². The maximum Gasteiger partial charge on any atom is 0.330 e. The van der Waals surface area contributed by atoms with Crippen LogP contribution in [0.15, 0.2) is 41.3 Å². The van der Waals surface area contributed by atoms with Crippen molar-refractivity contribution in [2.24, 2.45) is 7.05 Å². The van der Waals surface area contributed by atoms with Gasteiger partial charge in [-0.2, -0.15) is 0 Å². The van der Waals surface area contributed by atoms with E-state index in [0.29, 0.717) is 12.3 Å². The number of benzene rings is 1. The summed E-state index contributed by atoms with van der Waals surface area (Å²) in [5, 5.41) is 9.58. The van der Waals surface area contributed by atoms with Crippen LogP contribution in [0.2, 0.25) is 0 Å². The summed E-state index contributed by atoms with van der Waals surface area (Å²) in [5.74, 6) is 0. The van der Waals surface area contributed by atoms with Gasteiger partial charge in [-0.15, -0.1) is 10.2 Å². The second-order valence-corrected chi connectivity index (χ2v) is 9.29. The van der Waals surface area contributed by atoms with Crippen LogP contribution in [-0.2, 0) is 18.4 Å². The summed E-state index contributed by atoms with van der Waals surface area (Å²) in [6, 6.07) is 10.2. The molecule has 8 heteroatoms. The molecule has 5 rings (SSSR count). The fourth-order valence-electron chi connectivity index (χ4n) is 4.69. The number of likely N-dealkylation sites (N-methyl/N-ethyl adjacent to an activating group) is 1. The van der Waals surface area contributed by atoms with Gasteiger partial charge in [0.25, 0.3) is 0 Å². The summed E-state index contributed by atoms with van der Waals surface area (Å²) in [7, 11) is 3.88.